The normalized spacial score (nSPS) is 11.9. The summed E-state index contributed by atoms with van der Waals surface area (Å²) in [7, 11) is 0. The van der Waals surface area contributed by atoms with E-state index in [9.17, 15) is 0 Å². The molecule has 0 spiro atoms. The first kappa shape index (κ1) is 27.9. The quantitative estimate of drug-likeness (QED) is 0.132. The second-order valence-electron chi connectivity index (χ2n) is 10.6. The van der Waals surface area contributed by atoms with Crippen molar-refractivity contribution in [1.82, 2.24) is 9.97 Å². The van der Waals surface area contributed by atoms with Crippen LogP contribution in [0.3, 0.4) is 0 Å². The van der Waals surface area contributed by atoms with Gasteiger partial charge < -0.3 is 4.98 Å². The van der Waals surface area contributed by atoms with Crippen LogP contribution in [0.5, 0.6) is 0 Å². The summed E-state index contributed by atoms with van der Waals surface area (Å²) in [5.74, 6) is 6.67. The monoisotopic (exact) mass is 768 g/mol. The summed E-state index contributed by atoms with van der Waals surface area (Å²) in [6.45, 7) is 3.82. The van der Waals surface area contributed by atoms with Crippen molar-refractivity contribution in [2.24, 2.45) is 0 Å². The molecule has 2 nitrogen and oxygen atoms in total. The van der Waals surface area contributed by atoms with Gasteiger partial charge in [0.25, 0.3) is 0 Å². The van der Waals surface area contributed by atoms with Crippen LogP contribution in [0.2, 0.25) is 17.3 Å². The Bertz CT molecular complexity index is 1690. The Balaban J connectivity index is 0.000000238. The molecule has 6 aromatic rings. The van der Waals surface area contributed by atoms with Crippen molar-refractivity contribution in [1.29, 1.82) is 0 Å². The second kappa shape index (κ2) is 12.7. The predicted molar refractivity (Wildman–Crippen MR) is 167 cm³/mol. The third-order valence-corrected chi connectivity index (χ3v) is 12.0. The van der Waals surface area contributed by atoms with Gasteiger partial charge in [-0.15, -0.1) is 35.9 Å². The molecule has 0 bridgehead atoms. The summed E-state index contributed by atoms with van der Waals surface area (Å²) < 4.78 is 12.5. The Hall–Kier alpha value is -2.63. The van der Waals surface area contributed by atoms with E-state index in [1.54, 1.807) is 6.20 Å². The third-order valence-electron chi connectivity index (χ3n) is 6.54. The number of hydrogen-bond donors (Lipinski definition) is 0. The number of thiophene rings is 1. The average Bonchev–Trinajstić information content (AvgIpc) is 3.32. The van der Waals surface area contributed by atoms with Gasteiger partial charge in [0, 0.05) is 26.3 Å². The molecule has 199 valence electrons. The summed E-state index contributed by atoms with van der Waals surface area (Å²) in [5, 5.41) is 2.59. The molecule has 0 fully saturated rings. The Labute approximate surface area is 253 Å². The molecule has 3 aromatic carbocycles. The van der Waals surface area contributed by atoms with E-state index < -0.39 is 19.2 Å². The van der Waals surface area contributed by atoms with E-state index in [-0.39, 0.29) is 20.1 Å². The van der Waals surface area contributed by atoms with Gasteiger partial charge in [0.2, 0.25) is 0 Å². The molecule has 3 heterocycles. The minimum Gasteiger partial charge on any atom is -0.305 e. The molecule has 3 aromatic heterocycles. The zero-order valence-corrected chi connectivity index (χ0v) is 28.2. The van der Waals surface area contributed by atoms with Gasteiger partial charge in [-0.05, 0) is 11.8 Å². The van der Waals surface area contributed by atoms with Gasteiger partial charge in [0.15, 0.2) is 0 Å². The van der Waals surface area contributed by atoms with Crippen molar-refractivity contribution in [3.05, 3.63) is 115 Å². The fourth-order valence-corrected chi connectivity index (χ4v) is 8.25. The van der Waals surface area contributed by atoms with Gasteiger partial charge in [-0.3, -0.25) is 0 Å². The summed E-state index contributed by atoms with van der Waals surface area (Å²) in [6.07, 6.45) is 3.60. The van der Waals surface area contributed by atoms with Crippen molar-refractivity contribution in [2.75, 3.05) is 0 Å². The fraction of sp³-hybridized carbons (Fsp3) is 0.176. The summed E-state index contributed by atoms with van der Waals surface area (Å²) in [4.78, 5) is 8.82. The van der Waals surface area contributed by atoms with Gasteiger partial charge >= 0.3 is 164 Å². The van der Waals surface area contributed by atoms with Gasteiger partial charge in [-0.2, -0.15) is 0 Å². The summed E-state index contributed by atoms with van der Waals surface area (Å²) in [6, 6.07) is 35.4. The van der Waals surface area contributed by atoms with Gasteiger partial charge in [-0.25, -0.2) is 0 Å². The van der Waals surface area contributed by atoms with E-state index in [0.29, 0.717) is 0 Å². The van der Waals surface area contributed by atoms with Crippen LogP contribution < -0.4 is 4.40 Å². The van der Waals surface area contributed by atoms with Crippen LogP contribution in [0.15, 0.2) is 97.3 Å². The van der Waals surface area contributed by atoms with Crippen LogP contribution in [-0.2, 0) is 20.1 Å². The van der Waals surface area contributed by atoms with E-state index >= 15 is 0 Å². The Morgan fingerprint density at radius 1 is 0.795 bits per heavy atom. The van der Waals surface area contributed by atoms with Gasteiger partial charge in [0.1, 0.15) is 0 Å². The van der Waals surface area contributed by atoms with E-state index in [4.69, 9.17) is 1.37 Å². The second-order valence-corrected chi connectivity index (χ2v) is 22.3. The standard InChI is InChI=1S/C23H24GeNS.C11H8N.Ir/c1-15(2)16-11-12-25-21(13-16)20-8-6-7-19-18-10-9-17(24(3,4)5)14-22(18)26-23(19)20;1-2-6-10(7-3-1)11-8-4-5-9-12-11;/h6-7,9-15H,1-5H3;1-6,8-9H;/q2*-1;/i15D;;. The minimum absolute atomic E-state index is 0. The molecule has 39 heavy (non-hydrogen) atoms. The Morgan fingerprint density at radius 3 is 2.28 bits per heavy atom. The van der Waals surface area contributed by atoms with Crippen LogP contribution >= 0.6 is 11.3 Å². The molecule has 0 saturated heterocycles. The molecule has 0 atom stereocenters. The maximum absolute atomic E-state index is 8.33. The molecule has 0 aliphatic rings. The van der Waals surface area contributed by atoms with Crippen LogP contribution in [0.1, 0.15) is 26.7 Å². The van der Waals surface area contributed by atoms with Crippen LogP contribution in [-0.4, -0.2) is 23.2 Å². The van der Waals surface area contributed by atoms with Crippen molar-refractivity contribution in [2.45, 2.75) is 37.0 Å². The zero-order chi connectivity index (χ0) is 27.6. The largest absolute Gasteiger partial charge is 0.305 e. The molecule has 6 rings (SSSR count). The van der Waals surface area contributed by atoms with E-state index in [0.717, 1.165) is 28.1 Å². The number of benzene rings is 3. The molecule has 0 saturated carbocycles. The topological polar surface area (TPSA) is 25.8 Å². The number of rotatable bonds is 4. The Kier molecular flexibility index (Phi) is 9.09. The van der Waals surface area contributed by atoms with E-state index in [2.05, 4.69) is 63.6 Å². The molecule has 1 radical (unpaired) electrons. The maximum atomic E-state index is 8.33. The molecular formula is C34H32GeIrN2S-2. The summed E-state index contributed by atoms with van der Waals surface area (Å²) >= 11 is -0.0169. The maximum Gasteiger partial charge on any atom is 0.0160 e. The molecule has 0 aliphatic heterocycles. The van der Waals surface area contributed by atoms with E-state index in [1.165, 1.54) is 24.6 Å². The first-order valence-electron chi connectivity index (χ1n) is 13.3. The first-order chi connectivity index (χ1) is 18.6. The van der Waals surface area contributed by atoms with Crippen molar-refractivity contribution in [3.63, 3.8) is 0 Å². The van der Waals surface area contributed by atoms with Crippen LogP contribution in [0.4, 0.5) is 0 Å². The molecule has 0 aliphatic carbocycles. The number of pyridine rings is 2. The Morgan fingerprint density at radius 2 is 1.59 bits per heavy atom. The van der Waals surface area contributed by atoms with Crippen molar-refractivity contribution >= 4 is 49.2 Å². The minimum atomic E-state index is -1.86. The smallest absolute Gasteiger partial charge is 0.0160 e. The molecule has 0 N–H and O–H groups in total. The van der Waals surface area contributed by atoms with Crippen molar-refractivity contribution in [3.8, 4) is 22.5 Å². The molecule has 0 unspecified atom stereocenters. The molecular weight excluding hydrogens is 733 g/mol. The average molecular weight is 767 g/mol. The van der Waals surface area contributed by atoms with Crippen LogP contribution in [0, 0.1) is 12.1 Å². The van der Waals surface area contributed by atoms with Gasteiger partial charge in [0.05, 0.1) is 0 Å². The van der Waals surface area contributed by atoms with E-state index in [1.807, 2.05) is 92.0 Å². The van der Waals surface area contributed by atoms with Gasteiger partial charge in [-0.1, -0.05) is 12.1 Å². The fourth-order valence-electron chi connectivity index (χ4n) is 4.35. The SMILES string of the molecule is [2H]C(C)(C)c1ccnc(-c2[c-]ccc3c2sc2c[c]([Ge]([CH3])([CH3])[CH3])ccc23)c1.[Ir].[c-]1ccccc1-c1ccccn1. The zero-order valence-electron chi connectivity index (χ0n) is 23.9. The van der Waals surface area contributed by atoms with Crippen molar-refractivity contribution < 1.29 is 21.5 Å². The third kappa shape index (κ3) is 6.75. The first-order valence-corrected chi connectivity index (χ1v) is 21.0. The number of hydrogen-bond acceptors (Lipinski definition) is 3. The number of fused-ring (bicyclic) bond motifs is 3. The molecule has 0 amide bonds. The molecule has 5 heteroatoms. The summed E-state index contributed by atoms with van der Waals surface area (Å²) in [5.41, 5.74) is 4.93. The number of aromatic nitrogens is 2. The number of nitrogens with zero attached hydrogens (tertiary/aromatic N) is 2. The predicted octanol–water partition coefficient (Wildman–Crippen LogP) is 9.13. The van der Waals surface area contributed by atoms with Crippen LogP contribution in [0.25, 0.3) is 42.7 Å².